The van der Waals surface area contributed by atoms with Gasteiger partial charge in [0.15, 0.2) is 0 Å². The number of hydrogen-bond donors (Lipinski definition) is 6. The quantitative estimate of drug-likeness (QED) is 0.226. The van der Waals surface area contributed by atoms with E-state index in [9.17, 15) is 19.2 Å². The number of nitrogens with two attached hydrogens (primary N) is 2. The molecule has 0 aromatic heterocycles. The van der Waals surface area contributed by atoms with Crippen molar-refractivity contribution in [1.29, 1.82) is 0 Å². The molecule has 0 aromatic carbocycles. The highest BCUT2D eigenvalue weighted by Gasteiger charge is 2.22. The third-order valence-corrected chi connectivity index (χ3v) is 2.39. The zero-order valence-corrected chi connectivity index (χ0v) is 10.7. The molecule has 2 atom stereocenters. The maximum Gasteiger partial charge on any atom is 0.322 e. The third kappa shape index (κ3) is 8.00. The highest BCUT2D eigenvalue weighted by molar-refractivity contribution is 5.78. The van der Waals surface area contributed by atoms with Crippen LogP contribution in [0.15, 0.2) is 0 Å². The fourth-order valence-electron chi connectivity index (χ4n) is 1.29. The zero-order valence-electron chi connectivity index (χ0n) is 10.7. The van der Waals surface area contributed by atoms with Gasteiger partial charge in [-0.15, -0.1) is 0 Å². The van der Waals surface area contributed by atoms with Gasteiger partial charge in [-0.3, -0.25) is 19.2 Å². The first-order valence-corrected chi connectivity index (χ1v) is 5.77. The Morgan fingerprint density at radius 2 is 1.10 bits per heavy atom. The Balaban J connectivity index is 4.39. The van der Waals surface area contributed by atoms with Crippen LogP contribution in [0.2, 0.25) is 0 Å². The van der Waals surface area contributed by atoms with Gasteiger partial charge in [-0.2, -0.15) is 0 Å². The van der Waals surface area contributed by atoms with Gasteiger partial charge in [-0.05, 0) is 12.8 Å². The number of carbonyl (C=O) groups excluding carboxylic acids is 2. The summed E-state index contributed by atoms with van der Waals surface area (Å²) in [6, 6.07) is -2.36. The third-order valence-electron chi connectivity index (χ3n) is 2.39. The fourth-order valence-corrected chi connectivity index (χ4v) is 1.29. The Morgan fingerprint density at radius 1 is 0.800 bits per heavy atom. The number of rotatable bonds is 11. The summed E-state index contributed by atoms with van der Waals surface area (Å²) < 4.78 is 0. The minimum atomic E-state index is -1.27. The van der Waals surface area contributed by atoms with Gasteiger partial charge in [0.25, 0.3) is 0 Å². The number of amides is 2. The number of nitrogens with one attached hydrogen (secondary N) is 2. The molecular weight excluding hydrogens is 272 g/mol. The van der Waals surface area contributed by atoms with Crippen molar-refractivity contribution >= 4 is 23.8 Å². The minimum absolute atomic E-state index is 0.0974. The molecule has 0 aliphatic carbocycles. The van der Waals surface area contributed by atoms with Gasteiger partial charge in [0.2, 0.25) is 11.8 Å². The molecule has 0 aliphatic rings. The molecule has 0 rings (SSSR count). The van der Waals surface area contributed by atoms with Crippen LogP contribution in [0.1, 0.15) is 25.7 Å². The van der Waals surface area contributed by atoms with E-state index < -0.39 is 35.8 Å². The molecule has 2 amide bonds. The first kappa shape index (κ1) is 17.8. The number of carbonyl (C=O) groups is 4. The van der Waals surface area contributed by atoms with Crippen molar-refractivity contribution in [3.8, 4) is 0 Å². The lowest BCUT2D eigenvalue weighted by Gasteiger charge is -2.19. The standard InChI is InChI=1S/C10H18N4O6/c11-7(15)3-1-5(9(17)18)13-14-6(10(19)20)2-4-8(12)16/h5-6,13-14H,1-4H2,(H2,11,15)(H2,12,16)(H,17,18)(H,19,20)/t5-,6-/m0/s1. The molecule has 10 nitrogen and oxygen atoms in total. The van der Waals surface area contributed by atoms with Gasteiger partial charge in [0.1, 0.15) is 12.1 Å². The zero-order chi connectivity index (χ0) is 15.7. The molecule has 20 heavy (non-hydrogen) atoms. The van der Waals surface area contributed by atoms with Crippen molar-refractivity contribution < 1.29 is 29.4 Å². The average molecular weight is 290 g/mol. The van der Waals surface area contributed by atoms with E-state index in [-0.39, 0.29) is 25.7 Å². The summed E-state index contributed by atoms with van der Waals surface area (Å²) in [6.45, 7) is 0. The summed E-state index contributed by atoms with van der Waals surface area (Å²) in [5.74, 6) is -3.86. The Hall–Kier alpha value is -2.20. The van der Waals surface area contributed by atoms with Crippen LogP contribution in [0, 0.1) is 0 Å². The van der Waals surface area contributed by atoms with Crippen LogP contribution >= 0.6 is 0 Å². The monoisotopic (exact) mass is 290 g/mol. The lowest BCUT2D eigenvalue weighted by Crippen LogP contribution is -2.52. The van der Waals surface area contributed by atoms with E-state index in [4.69, 9.17) is 21.7 Å². The molecule has 114 valence electrons. The molecule has 0 aliphatic heterocycles. The predicted octanol–water partition coefficient (Wildman–Crippen LogP) is -2.48. The van der Waals surface area contributed by atoms with Gasteiger partial charge in [-0.1, -0.05) is 0 Å². The molecule has 10 heteroatoms. The Morgan fingerprint density at radius 3 is 1.30 bits per heavy atom. The highest BCUT2D eigenvalue weighted by Crippen LogP contribution is 1.99. The van der Waals surface area contributed by atoms with Crippen LogP contribution < -0.4 is 22.3 Å². The first-order chi connectivity index (χ1) is 9.23. The van der Waals surface area contributed by atoms with Gasteiger partial charge in [0.05, 0.1) is 0 Å². The second-order valence-corrected chi connectivity index (χ2v) is 4.08. The summed E-state index contributed by atoms with van der Waals surface area (Å²) >= 11 is 0. The van der Waals surface area contributed by atoms with Crippen molar-refractivity contribution in [2.75, 3.05) is 0 Å². The molecule has 0 radical (unpaired) electrons. The normalized spacial score (nSPS) is 13.4. The average Bonchev–Trinajstić information content (AvgIpc) is 2.30. The Kier molecular flexibility index (Phi) is 7.85. The summed E-state index contributed by atoms with van der Waals surface area (Å²) in [4.78, 5) is 42.9. The minimum Gasteiger partial charge on any atom is -0.480 e. The lowest BCUT2D eigenvalue weighted by atomic mass is 10.1. The van der Waals surface area contributed by atoms with E-state index in [0.717, 1.165) is 0 Å². The highest BCUT2D eigenvalue weighted by atomic mass is 16.4. The second kappa shape index (κ2) is 8.82. The molecule has 0 unspecified atom stereocenters. The molecule has 0 fully saturated rings. The van der Waals surface area contributed by atoms with Gasteiger partial charge >= 0.3 is 11.9 Å². The van der Waals surface area contributed by atoms with Crippen molar-refractivity contribution in [1.82, 2.24) is 10.9 Å². The maximum absolute atomic E-state index is 10.9. The number of aliphatic carboxylic acids is 2. The topological polar surface area (TPSA) is 185 Å². The van der Waals surface area contributed by atoms with E-state index in [0.29, 0.717) is 0 Å². The van der Waals surface area contributed by atoms with Crippen molar-refractivity contribution in [2.45, 2.75) is 37.8 Å². The summed E-state index contributed by atoms with van der Waals surface area (Å²) in [5, 5.41) is 17.8. The van der Waals surface area contributed by atoms with E-state index in [1.807, 2.05) is 0 Å². The predicted molar refractivity (Wildman–Crippen MR) is 66.0 cm³/mol. The fraction of sp³-hybridized carbons (Fsp3) is 0.600. The Bertz CT molecular complexity index is 350. The summed E-state index contributed by atoms with van der Waals surface area (Å²) in [6.07, 6.45) is -0.519. The number of hydrogen-bond acceptors (Lipinski definition) is 6. The summed E-state index contributed by atoms with van der Waals surface area (Å²) in [7, 11) is 0. The smallest absolute Gasteiger partial charge is 0.322 e. The van der Waals surface area contributed by atoms with Gasteiger partial charge in [-0.25, -0.2) is 10.9 Å². The van der Waals surface area contributed by atoms with Crippen molar-refractivity contribution in [3.63, 3.8) is 0 Å². The van der Waals surface area contributed by atoms with E-state index >= 15 is 0 Å². The molecule has 0 saturated heterocycles. The molecule has 0 saturated carbocycles. The van der Waals surface area contributed by atoms with Gasteiger partial charge in [0, 0.05) is 12.8 Å². The van der Waals surface area contributed by atoms with Crippen LogP contribution in [-0.2, 0) is 19.2 Å². The molecule has 0 aromatic rings. The molecule has 0 bridgehead atoms. The van der Waals surface area contributed by atoms with Crippen LogP contribution in [0.4, 0.5) is 0 Å². The van der Waals surface area contributed by atoms with E-state index in [1.165, 1.54) is 0 Å². The first-order valence-electron chi connectivity index (χ1n) is 5.77. The molecule has 8 N–H and O–H groups in total. The lowest BCUT2D eigenvalue weighted by molar-refractivity contribution is -0.143. The van der Waals surface area contributed by atoms with E-state index in [1.54, 1.807) is 0 Å². The van der Waals surface area contributed by atoms with Crippen molar-refractivity contribution in [2.24, 2.45) is 11.5 Å². The molecule has 0 spiro atoms. The van der Waals surface area contributed by atoms with Crippen LogP contribution in [0.25, 0.3) is 0 Å². The molecule has 0 heterocycles. The second-order valence-electron chi connectivity index (χ2n) is 4.08. The maximum atomic E-state index is 10.9. The summed E-state index contributed by atoms with van der Waals surface area (Å²) in [5.41, 5.74) is 14.4. The number of carboxylic acids is 2. The van der Waals surface area contributed by atoms with Crippen LogP contribution in [0.3, 0.4) is 0 Å². The molecular formula is C10H18N4O6. The number of primary amides is 2. The number of carboxylic acid groups (broad SMARTS) is 2. The van der Waals surface area contributed by atoms with Crippen molar-refractivity contribution in [3.05, 3.63) is 0 Å². The van der Waals surface area contributed by atoms with Gasteiger partial charge < -0.3 is 21.7 Å². The Labute approximate surface area is 114 Å². The van der Waals surface area contributed by atoms with Crippen LogP contribution in [-0.4, -0.2) is 46.0 Å². The SMILES string of the molecule is NC(=O)CC[C@H](NN[C@@H](CCC(N)=O)C(=O)O)C(=O)O. The van der Waals surface area contributed by atoms with E-state index in [2.05, 4.69) is 10.9 Å². The number of hydrazine groups is 1. The largest absolute Gasteiger partial charge is 0.480 e. The van der Waals surface area contributed by atoms with Crippen LogP contribution in [0.5, 0.6) is 0 Å².